The molecule has 0 spiro atoms. The van der Waals surface area contributed by atoms with Gasteiger partial charge in [-0.1, -0.05) is 0 Å². The fourth-order valence-corrected chi connectivity index (χ4v) is 3.73. The lowest BCUT2D eigenvalue weighted by molar-refractivity contribution is -0.137. The van der Waals surface area contributed by atoms with Gasteiger partial charge in [-0.25, -0.2) is 0 Å². The Morgan fingerprint density at radius 1 is 1.25 bits per heavy atom. The van der Waals surface area contributed by atoms with Crippen molar-refractivity contribution in [1.29, 1.82) is 0 Å². The van der Waals surface area contributed by atoms with Crippen LogP contribution in [0.1, 0.15) is 33.6 Å². The molecule has 96 valence electrons. The second kappa shape index (κ2) is 6.34. The molecule has 0 aliphatic carbocycles. The third-order valence-corrected chi connectivity index (χ3v) is 5.09. The molecule has 0 aromatic heterocycles. The fraction of sp³-hybridized carbons (Fsp3) is 0.900. The maximum Gasteiger partial charge on any atom is 0.500 e. The lowest BCUT2D eigenvalue weighted by Gasteiger charge is -2.33. The summed E-state index contributed by atoms with van der Waals surface area (Å²) < 4.78 is 16.5. The summed E-state index contributed by atoms with van der Waals surface area (Å²) >= 11 is 0. The highest BCUT2D eigenvalue weighted by Crippen LogP contribution is 2.23. The monoisotopic (exact) mass is 250 g/mol. The van der Waals surface area contributed by atoms with Gasteiger partial charge in [-0.15, -0.1) is 0 Å². The van der Waals surface area contributed by atoms with Crippen LogP contribution in [0.25, 0.3) is 0 Å². The Hall–Kier alpha value is -0.433. The number of rotatable bonds is 7. The van der Waals surface area contributed by atoms with E-state index >= 15 is 0 Å². The van der Waals surface area contributed by atoms with Crippen LogP contribution in [0.5, 0.6) is 0 Å². The fourth-order valence-electron chi connectivity index (χ4n) is 1.34. The van der Waals surface area contributed by atoms with Crippen LogP contribution in [-0.4, -0.2) is 39.7 Å². The molecular weight excluding hydrogens is 228 g/mol. The minimum atomic E-state index is -2.71. The van der Waals surface area contributed by atoms with Crippen LogP contribution < -0.4 is 0 Å². The maximum absolute atomic E-state index is 10.4. The average molecular weight is 250 g/mol. The van der Waals surface area contributed by atoms with E-state index in [0.29, 0.717) is 12.5 Å². The molecule has 0 fully saturated rings. The molecule has 0 saturated carbocycles. The third-order valence-electron chi connectivity index (χ3n) is 1.96. The molecule has 0 radical (unpaired) electrons. The highest BCUT2D eigenvalue weighted by atomic mass is 28.4. The molecule has 6 heteroatoms. The van der Waals surface area contributed by atoms with Crippen LogP contribution in [0.3, 0.4) is 0 Å². The zero-order valence-electron chi connectivity index (χ0n) is 10.7. The highest BCUT2D eigenvalue weighted by Gasteiger charge is 2.42. The summed E-state index contributed by atoms with van der Waals surface area (Å²) in [5.74, 6) is -0.814. The van der Waals surface area contributed by atoms with Crippen LogP contribution in [0.2, 0.25) is 6.04 Å². The minimum absolute atomic E-state index is 0.106. The molecule has 0 atom stereocenters. The average Bonchev–Trinajstić information content (AvgIpc) is 2.13. The van der Waals surface area contributed by atoms with E-state index in [4.69, 9.17) is 18.4 Å². The summed E-state index contributed by atoms with van der Waals surface area (Å²) in [4.78, 5) is 10.4. The van der Waals surface area contributed by atoms with Gasteiger partial charge < -0.3 is 18.4 Å². The second-order valence-corrected chi connectivity index (χ2v) is 7.44. The molecule has 0 amide bonds. The Bertz CT molecular complexity index is 220. The first-order valence-electron chi connectivity index (χ1n) is 5.27. The van der Waals surface area contributed by atoms with Crippen molar-refractivity contribution in [3.05, 3.63) is 0 Å². The Labute approximate surface area is 98.1 Å². The highest BCUT2D eigenvalue weighted by molar-refractivity contribution is 6.60. The van der Waals surface area contributed by atoms with Crippen LogP contribution in [0, 0.1) is 0 Å². The molecule has 0 bridgehead atoms. The van der Waals surface area contributed by atoms with Gasteiger partial charge in [0.1, 0.15) is 0 Å². The van der Waals surface area contributed by atoms with Gasteiger partial charge in [0.05, 0.1) is 5.60 Å². The molecule has 0 unspecified atom stereocenters. The second-order valence-electron chi connectivity index (χ2n) is 4.55. The molecule has 5 nitrogen and oxygen atoms in total. The number of aliphatic carboxylic acids is 1. The van der Waals surface area contributed by atoms with Crippen molar-refractivity contribution in [3.63, 3.8) is 0 Å². The van der Waals surface area contributed by atoms with Gasteiger partial charge in [-0.2, -0.15) is 0 Å². The topological polar surface area (TPSA) is 65.0 Å². The normalized spacial score (nSPS) is 12.8. The van der Waals surface area contributed by atoms with Gasteiger partial charge in [0.2, 0.25) is 0 Å². The van der Waals surface area contributed by atoms with Gasteiger partial charge >= 0.3 is 14.8 Å². The van der Waals surface area contributed by atoms with Gasteiger partial charge in [0.25, 0.3) is 0 Å². The van der Waals surface area contributed by atoms with E-state index in [1.807, 2.05) is 20.8 Å². The lowest BCUT2D eigenvalue weighted by atomic mass is 10.2. The lowest BCUT2D eigenvalue weighted by Crippen LogP contribution is -2.49. The summed E-state index contributed by atoms with van der Waals surface area (Å²) in [6, 6.07) is 0.517. The summed E-state index contributed by atoms with van der Waals surface area (Å²) in [6.45, 7) is 5.76. The molecular formula is C10H22O5Si. The quantitative estimate of drug-likeness (QED) is 0.699. The zero-order chi connectivity index (χ0) is 12.8. The number of carboxylic acids is 1. The Kier molecular flexibility index (Phi) is 6.17. The number of carboxylic acid groups (broad SMARTS) is 1. The van der Waals surface area contributed by atoms with E-state index in [9.17, 15) is 4.79 Å². The number of hydrogen-bond donors (Lipinski definition) is 1. The van der Waals surface area contributed by atoms with Gasteiger partial charge in [-0.05, 0) is 27.2 Å². The first kappa shape index (κ1) is 15.6. The van der Waals surface area contributed by atoms with Crippen LogP contribution in [0.4, 0.5) is 0 Å². The minimum Gasteiger partial charge on any atom is -0.481 e. The SMILES string of the molecule is CO[Si](CCCC(=O)O)(OC)OC(C)(C)C. The van der Waals surface area contributed by atoms with Crippen molar-refractivity contribution >= 4 is 14.8 Å². The van der Waals surface area contributed by atoms with Crippen molar-refractivity contribution in [2.75, 3.05) is 14.2 Å². The Balaban J connectivity index is 4.38. The van der Waals surface area contributed by atoms with E-state index in [-0.39, 0.29) is 12.0 Å². The van der Waals surface area contributed by atoms with E-state index in [2.05, 4.69) is 0 Å². The Morgan fingerprint density at radius 2 is 1.75 bits per heavy atom. The van der Waals surface area contributed by atoms with E-state index < -0.39 is 14.8 Å². The number of hydrogen-bond acceptors (Lipinski definition) is 4. The molecule has 16 heavy (non-hydrogen) atoms. The van der Waals surface area contributed by atoms with Gasteiger partial charge in [-0.3, -0.25) is 4.79 Å². The van der Waals surface area contributed by atoms with Crippen molar-refractivity contribution < 1.29 is 23.2 Å². The molecule has 1 N–H and O–H groups in total. The third kappa shape index (κ3) is 6.22. The van der Waals surface area contributed by atoms with Gasteiger partial charge in [0.15, 0.2) is 0 Å². The molecule has 0 aromatic rings. The van der Waals surface area contributed by atoms with Crippen LogP contribution >= 0.6 is 0 Å². The largest absolute Gasteiger partial charge is 0.500 e. The van der Waals surface area contributed by atoms with Crippen molar-refractivity contribution in [3.8, 4) is 0 Å². The summed E-state index contributed by atoms with van der Waals surface area (Å²) in [7, 11) is 0.379. The summed E-state index contributed by atoms with van der Waals surface area (Å²) in [6.07, 6.45) is 0.605. The predicted octanol–water partition coefficient (Wildman–Crippen LogP) is 1.90. The summed E-state index contributed by atoms with van der Waals surface area (Å²) in [5, 5.41) is 8.58. The number of carbonyl (C=O) groups is 1. The molecule has 0 aromatic carbocycles. The molecule has 0 aliphatic rings. The van der Waals surface area contributed by atoms with Crippen molar-refractivity contribution in [2.24, 2.45) is 0 Å². The Morgan fingerprint density at radius 3 is 2.06 bits per heavy atom. The van der Waals surface area contributed by atoms with E-state index in [1.165, 1.54) is 0 Å². The van der Waals surface area contributed by atoms with Crippen LogP contribution in [-0.2, 0) is 18.1 Å². The maximum atomic E-state index is 10.4. The summed E-state index contributed by atoms with van der Waals surface area (Å²) in [5.41, 5.74) is -0.360. The zero-order valence-corrected chi connectivity index (χ0v) is 11.7. The van der Waals surface area contributed by atoms with Crippen molar-refractivity contribution in [1.82, 2.24) is 0 Å². The smallest absolute Gasteiger partial charge is 0.481 e. The van der Waals surface area contributed by atoms with Gasteiger partial charge in [0, 0.05) is 26.7 Å². The standard InChI is InChI=1S/C10H22O5Si/c1-10(2,3)15-16(13-4,14-5)8-6-7-9(11)12/h6-8H2,1-5H3,(H,11,12). The first-order valence-corrected chi connectivity index (χ1v) is 7.20. The molecule has 0 aliphatic heterocycles. The predicted molar refractivity (Wildman–Crippen MR) is 62.3 cm³/mol. The van der Waals surface area contributed by atoms with E-state index in [1.54, 1.807) is 14.2 Å². The molecule has 0 saturated heterocycles. The molecule has 0 heterocycles. The first-order chi connectivity index (χ1) is 7.24. The van der Waals surface area contributed by atoms with Crippen LogP contribution in [0.15, 0.2) is 0 Å². The van der Waals surface area contributed by atoms with E-state index in [0.717, 1.165) is 0 Å². The molecule has 0 rings (SSSR count). The van der Waals surface area contributed by atoms with Crippen molar-refractivity contribution in [2.45, 2.75) is 45.3 Å².